The van der Waals surface area contributed by atoms with Gasteiger partial charge >= 0.3 is 5.91 Å². The van der Waals surface area contributed by atoms with Crippen molar-refractivity contribution in [1.82, 2.24) is 4.98 Å². The van der Waals surface area contributed by atoms with E-state index in [-0.39, 0.29) is 5.71 Å². The number of benzene rings is 2. The maximum Gasteiger partial charge on any atom is 0.302 e. The molecule has 1 aliphatic rings. The largest absolute Gasteiger partial charge is 0.323 e. The first-order valence-corrected chi connectivity index (χ1v) is 9.37. The zero-order valence-corrected chi connectivity index (χ0v) is 16.0. The number of piperidine rings is 1. The maximum atomic E-state index is 13.1. The number of Topliss-reactive ketones (excluding diaryl/α,β-unsaturated/α-hetero) is 1. The average molecular weight is 392 g/mol. The zero-order valence-electron chi connectivity index (χ0n) is 15.2. The lowest BCUT2D eigenvalue weighted by atomic mass is 9.91. The Morgan fingerprint density at radius 1 is 1.07 bits per heavy atom. The second kappa shape index (κ2) is 6.65. The molecule has 1 atom stereocenters. The number of aryl methyl sites for hydroxylation is 2. The highest BCUT2D eigenvalue weighted by atomic mass is 32.1. The van der Waals surface area contributed by atoms with Crippen LogP contribution in [0.4, 0.5) is 5.69 Å². The molecule has 0 spiro atoms. The van der Waals surface area contributed by atoms with Crippen LogP contribution in [0, 0.1) is 13.8 Å². The number of ketones is 1. The van der Waals surface area contributed by atoms with Crippen LogP contribution >= 0.6 is 11.3 Å². The number of thiazole rings is 1. The summed E-state index contributed by atoms with van der Waals surface area (Å²) in [5.41, 5.74) is 2.39. The molecule has 1 saturated heterocycles. The lowest BCUT2D eigenvalue weighted by Crippen LogP contribution is -2.55. The summed E-state index contributed by atoms with van der Waals surface area (Å²) in [6, 6.07) is 12.7. The smallest absolute Gasteiger partial charge is 0.302 e. The van der Waals surface area contributed by atoms with Gasteiger partial charge in [0.05, 0.1) is 15.9 Å². The van der Waals surface area contributed by atoms with Crippen molar-refractivity contribution in [2.24, 2.45) is 10.9 Å². The Kier molecular flexibility index (Phi) is 4.27. The fourth-order valence-corrected chi connectivity index (χ4v) is 4.31. The summed E-state index contributed by atoms with van der Waals surface area (Å²) in [4.78, 5) is 44.3. The molecule has 2 N–H and O–H groups in total. The number of nitrogens with zero attached hydrogens (tertiary/aromatic N) is 3. The summed E-state index contributed by atoms with van der Waals surface area (Å²) in [5, 5.41) is 3.92. The molecule has 28 heavy (non-hydrogen) atoms. The van der Waals surface area contributed by atoms with Gasteiger partial charge in [0.15, 0.2) is 0 Å². The molecule has 8 heteroatoms. The number of para-hydroxylation sites is 1. The van der Waals surface area contributed by atoms with Crippen LogP contribution in [0.15, 0.2) is 47.6 Å². The van der Waals surface area contributed by atoms with Crippen molar-refractivity contribution in [3.8, 4) is 0 Å². The minimum absolute atomic E-state index is 0.190. The summed E-state index contributed by atoms with van der Waals surface area (Å²) >= 11 is 1.24. The number of nitrogens with two attached hydrogens (primary N) is 1. The predicted molar refractivity (Wildman–Crippen MR) is 107 cm³/mol. The number of rotatable bonds is 2. The van der Waals surface area contributed by atoms with Gasteiger partial charge in [-0.3, -0.25) is 14.4 Å². The molecule has 7 nitrogen and oxygen atoms in total. The van der Waals surface area contributed by atoms with Crippen LogP contribution in [-0.4, -0.2) is 28.3 Å². The third kappa shape index (κ3) is 2.69. The van der Waals surface area contributed by atoms with Gasteiger partial charge in [-0.2, -0.15) is 5.10 Å². The minimum Gasteiger partial charge on any atom is -0.323 e. The van der Waals surface area contributed by atoms with E-state index in [1.54, 1.807) is 25.1 Å². The van der Waals surface area contributed by atoms with Crippen molar-refractivity contribution in [1.29, 1.82) is 0 Å². The van der Waals surface area contributed by atoms with Crippen molar-refractivity contribution in [3.63, 3.8) is 0 Å². The van der Waals surface area contributed by atoms with E-state index in [4.69, 9.17) is 5.84 Å². The lowest BCUT2D eigenvalue weighted by molar-refractivity contribution is -0.139. The van der Waals surface area contributed by atoms with Crippen LogP contribution in [0.5, 0.6) is 0 Å². The summed E-state index contributed by atoms with van der Waals surface area (Å²) in [7, 11) is 0. The predicted octanol–water partition coefficient (Wildman–Crippen LogP) is 2.45. The van der Waals surface area contributed by atoms with E-state index in [0.29, 0.717) is 21.8 Å². The summed E-state index contributed by atoms with van der Waals surface area (Å²) < 4.78 is 0.846. The number of hydrogen-bond donors (Lipinski definition) is 1. The van der Waals surface area contributed by atoms with Gasteiger partial charge in [0.25, 0.3) is 5.91 Å². The van der Waals surface area contributed by atoms with E-state index in [2.05, 4.69) is 10.1 Å². The first-order chi connectivity index (χ1) is 13.4. The molecule has 0 saturated carbocycles. The van der Waals surface area contributed by atoms with Crippen molar-refractivity contribution >= 4 is 50.6 Å². The van der Waals surface area contributed by atoms with Gasteiger partial charge in [-0.15, -0.1) is 11.3 Å². The van der Waals surface area contributed by atoms with Crippen molar-refractivity contribution in [3.05, 3.63) is 58.6 Å². The topological polar surface area (TPSA) is 106 Å². The average Bonchev–Trinajstić information content (AvgIpc) is 3.10. The molecule has 1 fully saturated rings. The van der Waals surface area contributed by atoms with Crippen molar-refractivity contribution in [2.75, 3.05) is 4.90 Å². The molecule has 0 unspecified atom stereocenters. The molecule has 3 aromatic rings. The Hall–Kier alpha value is -3.39. The Morgan fingerprint density at radius 3 is 2.54 bits per heavy atom. The Balaban J connectivity index is 1.83. The van der Waals surface area contributed by atoms with Crippen LogP contribution in [0.25, 0.3) is 10.2 Å². The summed E-state index contributed by atoms with van der Waals surface area (Å²) in [5.74, 6) is 1.91. The number of anilines is 1. The molecule has 0 bridgehead atoms. The van der Waals surface area contributed by atoms with Crippen molar-refractivity contribution < 1.29 is 14.4 Å². The molecule has 0 aliphatic carbocycles. The Bertz CT molecular complexity index is 1150. The van der Waals surface area contributed by atoms with Crippen LogP contribution in [0.1, 0.15) is 22.1 Å². The molecule has 1 aliphatic heterocycles. The first-order valence-electron chi connectivity index (χ1n) is 8.55. The summed E-state index contributed by atoms with van der Waals surface area (Å²) in [6.07, 6.45) is 0. The molecule has 2 aromatic carbocycles. The van der Waals surface area contributed by atoms with Gasteiger partial charge in [-0.1, -0.05) is 24.3 Å². The number of hydrazone groups is 1. The van der Waals surface area contributed by atoms with Crippen LogP contribution in [0.3, 0.4) is 0 Å². The quantitative estimate of drug-likeness (QED) is 0.312. The lowest BCUT2D eigenvalue weighted by Gasteiger charge is -2.29. The molecule has 2 amide bonds. The number of imide groups is 1. The van der Waals surface area contributed by atoms with Crippen molar-refractivity contribution in [2.45, 2.75) is 19.8 Å². The monoisotopic (exact) mass is 392 g/mol. The van der Waals surface area contributed by atoms with Crippen LogP contribution < -0.4 is 10.7 Å². The highest BCUT2D eigenvalue weighted by Crippen LogP contribution is 2.34. The van der Waals surface area contributed by atoms with E-state index in [9.17, 15) is 14.4 Å². The van der Waals surface area contributed by atoms with Gasteiger partial charge in [0.1, 0.15) is 16.6 Å². The second-order valence-electron chi connectivity index (χ2n) is 6.57. The van der Waals surface area contributed by atoms with Crippen LogP contribution in [0.2, 0.25) is 0 Å². The Morgan fingerprint density at radius 2 is 1.82 bits per heavy atom. The normalized spacial score (nSPS) is 19.1. The number of carbonyl (C=O) groups is 3. The van der Waals surface area contributed by atoms with Gasteiger partial charge in [-0.25, -0.2) is 9.88 Å². The number of fused-ring (bicyclic) bond motifs is 1. The number of aromatic nitrogens is 1. The van der Waals surface area contributed by atoms with E-state index < -0.39 is 23.5 Å². The molecule has 4 rings (SSSR count). The van der Waals surface area contributed by atoms with Gasteiger partial charge in [0.2, 0.25) is 5.78 Å². The maximum absolute atomic E-state index is 13.1. The molecule has 140 valence electrons. The standard InChI is InChI=1S/C20H16N4O3S/c1-10-7-8-11(2)13(9-10)24-19(26)16(23-21)15(17(25)20(24)27)18-22-12-5-3-4-6-14(12)28-18/h3-9,15H,21H2,1-2H3/b23-16+/t15-/m1/s1. The minimum atomic E-state index is -1.19. The SMILES string of the molecule is Cc1ccc(C)c(N2C(=O)C(=O)[C@H](c3nc4ccccc4s3)/C(=N\N)C2=O)c1. The highest BCUT2D eigenvalue weighted by molar-refractivity contribution is 7.19. The highest BCUT2D eigenvalue weighted by Gasteiger charge is 2.48. The van der Waals surface area contributed by atoms with Gasteiger partial charge in [-0.05, 0) is 43.2 Å². The van der Waals surface area contributed by atoms with E-state index in [1.165, 1.54) is 11.3 Å². The zero-order chi connectivity index (χ0) is 20.0. The first kappa shape index (κ1) is 18.0. The van der Waals surface area contributed by atoms with E-state index >= 15 is 0 Å². The molecule has 1 aromatic heterocycles. The number of carbonyl (C=O) groups excluding carboxylic acids is 3. The molecular formula is C20H16N4O3S. The fourth-order valence-electron chi connectivity index (χ4n) is 3.24. The second-order valence-corrected chi connectivity index (χ2v) is 7.63. The van der Waals surface area contributed by atoms with Gasteiger partial charge < -0.3 is 5.84 Å². The van der Waals surface area contributed by atoms with Crippen LogP contribution in [-0.2, 0) is 14.4 Å². The molecule has 0 radical (unpaired) electrons. The Labute approximate surface area is 164 Å². The summed E-state index contributed by atoms with van der Waals surface area (Å²) in [6.45, 7) is 3.60. The third-order valence-electron chi connectivity index (χ3n) is 4.67. The molecule has 2 heterocycles. The van der Waals surface area contributed by atoms with Gasteiger partial charge in [0, 0.05) is 0 Å². The third-order valence-corrected chi connectivity index (χ3v) is 5.77. The van der Waals surface area contributed by atoms with E-state index in [0.717, 1.165) is 15.2 Å². The molecular weight excluding hydrogens is 376 g/mol. The fraction of sp³-hybridized carbons (Fsp3) is 0.150. The number of amides is 2. The van der Waals surface area contributed by atoms with E-state index in [1.807, 2.05) is 31.2 Å². The number of hydrogen-bond acceptors (Lipinski definition) is 7.